The molecule has 4 rings (SSSR count). The van der Waals surface area contributed by atoms with Gasteiger partial charge in [0.1, 0.15) is 18.6 Å². The second kappa shape index (κ2) is 12.8. The second-order valence-electron chi connectivity index (χ2n) is 11.4. The van der Waals surface area contributed by atoms with Crippen molar-refractivity contribution in [3.8, 4) is 5.75 Å². The molecule has 0 N–H and O–H groups in total. The highest BCUT2D eigenvalue weighted by Crippen LogP contribution is 2.34. The van der Waals surface area contributed by atoms with Crippen LogP contribution >= 0.6 is 11.6 Å². The first kappa shape index (κ1) is 30.2. The Morgan fingerprint density at radius 3 is 2.58 bits per heavy atom. The summed E-state index contributed by atoms with van der Waals surface area (Å²) in [7, 11) is 5.57. The molecule has 1 unspecified atom stereocenters. The van der Waals surface area contributed by atoms with Crippen LogP contribution in [0.3, 0.4) is 0 Å². The van der Waals surface area contributed by atoms with Gasteiger partial charge in [-0.05, 0) is 41.9 Å². The zero-order valence-electron chi connectivity index (χ0n) is 24.5. The van der Waals surface area contributed by atoms with Gasteiger partial charge in [0.05, 0.1) is 35.5 Å². The molecule has 40 heavy (non-hydrogen) atoms. The van der Waals surface area contributed by atoms with Crippen molar-refractivity contribution in [1.82, 2.24) is 19.4 Å². The molecule has 2 heterocycles. The normalized spacial score (nSPS) is 16.0. The minimum absolute atomic E-state index is 0.0634. The third kappa shape index (κ3) is 6.92. The van der Waals surface area contributed by atoms with E-state index >= 15 is 0 Å². The summed E-state index contributed by atoms with van der Waals surface area (Å²) >= 11 is 6.33. The number of carbonyl (C=O) groups excluding carboxylic acids is 1. The average molecular weight is 586 g/mol. The summed E-state index contributed by atoms with van der Waals surface area (Å²) in [5.41, 5.74) is 4.08. The van der Waals surface area contributed by atoms with Crippen molar-refractivity contribution >= 4 is 42.3 Å². The van der Waals surface area contributed by atoms with Crippen molar-refractivity contribution in [1.29, 1.82) is 0 Å². The van der Waals surface area contributed by atoms with Gasteiger partial charge in [0, 0.05) is 54.5 Å². The molecule has 1 amide bonds. The Morgan fingerprint density at radius 2 is 1.90 bits per heavy atom. The Hall–Kier alpha value is -2.76. The molecule has 1 aromatic heterocycles. The van der Waals surface area contributed by atoms with Gasteiger partial charge in [-0.15, -0.1) is 0 Å². The summed E-state index contributed by atoms with van der Waals surface area (Å²) in [6.45, 7) is 9.87. The quantitative estimate of drug-likeness (QED) is 0.216. The Labute approximate surface area is 242 Å². The number of halogens is 1. The van der Waals surface area contributed by atoms with Crippen LogP contribution in [0, 0.1) is 0 Å². The summed E-state index contributed by atoms with van der Waals surface area (Å²) < 4.78 is 19.2. The Bertz CT molecular complexity index is 1380. The third-order valence-corrected chi connectivity index (χ3v) is 8.90. The van der Waals surface area contributed by atoms with E-state index in [4.69, 9.17) is 35.8 Å². The molecule has 1 aliphatic rings. The number of carbonyl (C=O) groups is 1. The fraction of sp³-hybridized carbons (Fsp3) is 0.483. The topological polar surface area (TPSA) is 81.4 Å². The van der Waals surface area contributed by atoms with Gasteiger partial charge in [-0.3, -0.25) is 9.79 Å². The first-order valence-corrected chi connectivity index (χ1v) is 17.5. The molecule has 3 aromatic rings. The molecule has 0 fully saturated rings. The lowest BCUT2D eigenvalue weighted by Crippen LogP contribution is -2.31. The summed E-state index contributed by atoms with van der Waals surface area (Å²) in [5, 5.41) is 0.552. The first-order chi connectivity index (χ1) is 19.0. The molecule has 9 nitrogen and oxygen atoms in total. The number of benzene rings is 2. The number of hydrogen-bond acceptors (Lipinski definition) is 7. The van der Waals surface area contributed by atoms with E-state index in [1.165, 1.54) is 0 Å². The summed E-state index contributed by atoms with van der Waals surface area (Å²) in [4.78, 5) is 26.5. The number of imidazole rings is 1. The number of aromatic nitrogens is 2. The van der Waals surface area contributed by atoms with Gasteiger partial charge < -0.3 is 23.7 Å². The molecule has 0 bridgehead atoms. The lowest BCUT2D eigenvalue weighted by molar-refractivity contribution is 0.0273. The Balaban J connectivity index is 1.72. The van der Waals surface area contributed by atoms with E-state index in [0.717, 1.165) is 34.2 Å². The molecule has 0 saturated heterocycles. The maximum Gasteiger partial charge on any atom is 0.253 e. The predicted octanol–water partition coefficient (Wildman–Crippen LogP) is 5.16. The van der Waals surface area contributed by atoms with Gasteiger partial charge in [-0.2, -0.15) is 0 Å². The van der Waals surface area contributed by atoms with E-state index in [1.54, 1.807) is 33.2 Å². The third-order valence-electron chi connectivity index (χ3n) is 6.88. The minimum atomic E-state index is -1.21. The van der Waals surface area contributed by atoms with Crippen LogP contribution in [-0.2, 0) is 16.0 Å². The molecule has 0 spiro atoms. The number of amides is 1. The van der Waals surface area contributed by atoms with Crippen LogP contribution in [0.5, 0.6) is 5.75 Å². The SMILES string of the molecule is COCCn1c(C2=NC(c3ccc(Cl)c(OC)c3)N(COCC[Si](C)(C)C)C2)nc2cc(C(=O)N(C)C)ccc21. The molecule has 1 aliphatic heterocycles. The van der Waals surface area contributed by atoms with Gasteiger partial charge in [-0.1, -0.05) is 37.3 Å². The molecule has 1 atom stereocenters. The average Bonchev–Trinajstić information content (AvgIpc) is 3.50. The van der Waals surface area contributed by atoms with Crippen LogP contribution in [0.25, 0.3) is 11.0 Å². The van der Waals surface area contributed by atoms with Crippen molar-refractivity contribution in [3.05, 3.63) is 58.4 Å². The summed E-state index contributed by atoms with van der Waals surface area (Å²) in [6, 6.07) is 12.5. The van der Waals surface area contributed by atoms with Crippen molar-refractivity contribution in [2.24, 2.45) is 4.99 Å². The molecule has 0 saturated carbocycles. The van der Waals surface area contributed by atoms with E-state index in [2.05, 4.69) is 29.1 Å². The number of ether oxygens (including phenoxy) is 3. The van der Waals surface area contributed by atoms with Crippen molar-refractivity contribution in [3.63, 3.8) is 0 Å². The molecule has 216 valence electrons. The highest BCUT2D eigenvalue weighted by Gasteiger charge is 2.32. The standard InChI is InChI=1S/C29H40ClN5O4Si/c1-33(2)29(36)21-9-11-25-23(16-21)31-28(35(25)12-13-37-3)24-18-34(19-39-14-15-40(5,6)7)27(32-24)20-8-10-22(30)26(17-20)38-4/h8-11,16-17,27H,12-15,18-19H2,1-7H3. The van der Waals surface area contributed by atoms with Gasteiger partial charge >= 0.3 is 0 Å². The lowest BCUT2D eigenvalue weighted by atomic mass is 10.1. The molecule has 11 heteroatoms. The van der Waals surface area contributed by atoms with Crippen LogP contribution in [0.2, 0.25) is 30.7 Å². The van der Waals surface area contributed by atoms with Crippen LogP contribution in [0.4, 0.5) is 0 Å². The maximum atomic E-state index is 12.6. The summed E-state index contributed by atoms with van der Waals surface area (Å²) in [6.07, 6.45) is -0.283. The van der Waals surface area contributed by atoms with E-state index < -0.39 is 8.07 Å². The van der Waals surface area contributed by atoms with Gasteiger partial charge in [0.15, 0.2) is 5.82 Å². The van der Waals surface area contributed by atoms with Crippen molar-refractivity contribution < 1.29 is 19.0 Å². The first-order valence-electron chi connectivity index (χ1n) is 13.5. The van der Waals surface area contributed by atoms with Gasteiger partial charge in [0.2, 0.25) is 0 Å². The maximum absolute atomic E-state index is 12.6. The highest BCUT2D eigenvalue weighted by atomic mass is 35.5. The number of nitrogens with zero attached hydrogens (tertiary/aromatic N) is 5. The minimum Gasteiger partial charge on any atom is -0.495 e. The number of aliphatic imine (C=N–C) groups is 1. The van der Waals surface area contributed by atoms with Crippen LogP contribution in [0.1, 0.15) is 27.9 Å². The van der Waals surface area contributed by atoms with E-state index in [9.17, 15) is 4.79 Å². The smallest absolute Gasteiger partial charge is 0.253 e. The van der Waals surface area contributed by atoms with Crippen molar-refractivity contribution in [2.45, 2.75) is 38.4 Å². The molecule has 0 radical (unpaired) electrons. The molecule has 2 aromatic carbocycles. The Kier molecular flexibility index (Phi) is 9.68. The zero-order chi connectivity index (χ0) is 29.0. The number of fused-ring (bicyclic) bond motifs is 1. The molecular weight excluding hydrogens is 546 g/mol. The predicted molar refractivity (Wildman–Crippen MR) is 163 cm³/mol. The lowest BCUT2D eigenvalue weighted by Gasteiger charge is -2.24. The fourth-order valence-corrected chi connectivity index (χ4v) is 5.58. The van der Waals surface area contributed by atoms with Crippen molar-refractivity contribution in [2.75, 3.05) is 54.8 Å². The van der Waals surface area contributed by atoms with Crippen LogP contribution < -0.4 is 4.74 Å². The number of methoxy groups -OCH3 is 2. The number of rotatable bonds is 12. The highest BCUT2D eigenvalue weighted by molar-refractivity contribution is 6.76. The Morgan fingerprint density at radius 1 is 1.12 bits per heavy atom. The zero-order valence-corrected chi connectivity index (χ0v) is 26.3. The van der Waals surface area contributed by atoms with Gasteiger partial charge in [-0.25, -0.2) is 9.88 Å². The second-order valence-corrected chi connectivity index (χ2v) is 17.4. The van der Waals surface area contributed by atoms with Crippen LogP contribution in [0.15, 0.2) is 41.4 Å². The van der Waals surface area contributed by atoms with Gasteiger partial charge in [0.25, 0.3) is 5.91 Å². The van der Waals surface area contributed by atoms with E-state index in [1.807, 2.05) is 36.4 Å². The monoisotopic (exact) mass is 585 g/mol. The van der Waals surface area contributed by atoms with E-state index in [-0.39, 0.29) is 12.1 Å². The summed E-state index contributed by atoms with van der Waals surface area (Å²) in [5.74, 6) is 1.30. The van der Waals surface area contributed by atoms with E-state index in [0.29, 0.717) is 49.4 Å². The largest absolute Gasteiger partial charge is 0.495 e. The van der Waals surface area contributed by atoms with Crippen LogP contribution in [-0.4, -0.2) is 93.8 Å². The fourth-order valence-electron chi connectivity index (χ4n) is 4.63. The molecular formula is C29H40ClN5O4Si. The number of hydrogen-bond donors (Lipinski definition) is 0. The molecule has 0 aliphatic carbocycles.